The summed E-state index contributed by atoms with van der Waals surface area (Å²) in [5, 5.41) is 13.7. The van der Waals surface area contributed by atoms with Crippen molar-refractivity contribution in [1.29, 1.82) is 0 Å². The van der Waals surface area contributed by atoms with Crippen molar-refractivity contribution in [2.24, 2.45) is 5.92 Å². The predicted octanol–water partition coefficient (Wildman–Crippen LogP) is 1.94. The average Bonchev–Trinajstić information content (AvgIpc) is 2.99. The van der Waals surface area contributed by atoms with Crippen LogP contribution in [0.2, 0.25) is 0 Å². The molecule has 2 N–H and O–H groups in total. The Balaban J connectivity index is 1.90. The van der Waals surface area contributed by atoms with E-state index in [1.165, 1.54) is 11.3 Å². The van der Waals surface area contributed by atoms with Gasteiger partial charge in [0.05, 0.1) is 0 Å². The summed E-state index contributed by atoms with van der Waals surface area (Å²) < 4.78 is 5.13. The molecule has 0 aromatic carbocycles. The van der Waals surface area contributed by atoms with Gasteiger partial charge in [-0.05, 0) is 30.2 Å². The maximum absolute atomic E-state index is 12.2. The minimum atomic E-state index is -1.04. The van der Waals surface area contributed by atoms with Crippen LogP contribution < -0.4 is 5.32 Å². The van der Waals surface area contributed by atoms with Crippen molar-refractivity contribution in [3.8, 4) is 0 Å². The zero-order chi connectivity index (χ0) is 15.2. The molecular weight excluding hydrogens is 292 g/mol. The molecular formula is C14H20N2O4S. The quantitative estimate of drug-likeness (QED) is 0.871. The number of hydrogen-bond acceptors (Lipinski definition) is 4. The van der Waals surface area contributed by atoms with Crippen molar-refractivity contribution in [2.75, 3.05) is 26.8 Å². The molecule has 1 saturated heterocycles. The number of carboxylic acid groups (broad SMARTS) is 1. The van der Waals surface area contributed by atoms with E-state index in [1.54, 1.807) is 29.5 Å². The van der Waals surface area contributed by atoms with Gasteiger partial charge >= 0.3 is 12.0 Å². The van der Waals surface area contributed by atoms with E-state index in [0.29, 0.717) is 30.5 Å². The van der Waals surface area contributed by atoms with Gasteiger partial charge in [-0.2, -0.15) is 0 Å². The molecule has 1 aromatic heterocycles. The van der Waals surface area contributed by atoms with Crippen LogP contribution in [-0.2, 0) is 9.53 Å². The van der Waals surface area contributed by atoms with Crippen LogP contribution in [0, 0.1) is 5.92 Å². The number of carbonyl (C=O) groups is 2. The average molecular weight is 312 g/mol. The first-order valence-corrected chi connectivity index (χ1v) is 7.80. The molecule has 7 heteroatoms. The highest BCUT2D eigenvalue weighted by molar-refractivity contribution is 7.10. The summed E-state index contributed by atoms with van der Waals surface area (Å²) in [6.07, 6.45) is 1.77. The zero-order valence-electron chi connectivity index (χ0n) is 11.9. The molecule has 1 aliphatic heterocycles. The summed E-state index contributed by atoms with van der Waals surface area (Å²) in [6, 6.07) is 2.20. The van der Waals surface area contributed by atoms with E-state index in [9.17, 15) is 14.7 Å². The number of nitrogens with zero attached hydrogens (tertiary/aromatic N) is 1. The number of piperidine rings is 1. The fraction of sp³-hybridized carbons (Fsp3) is 0.571. The molecule has 1 fully saturated rings. The zero-order valence-corrected chi connectivity index (χ0v) is 12.8. The van der Waals surface area contributed by atoms with E-state index < -0.39 is 12.0 Å². The summed E-state index contributed by atoms with van der Waals surface area (Å²) >= 11 is 1.32. The Morgan fingerprint density at radius 3 is 2.76 bits per heavy atom. The lowest BCUT2D eigenvalue weighted by Gasteiger charge is -2.32. The highest BCUT2D eigenvalue weighted by Gasteiger charge is 2.28. The molecule has 1 unspecified atom stereocenters. The van der Waals surface area contributed by atoms with Crippen molar-refractivity contribution in [3.63, 3.8) is 0 Å². The van der Waals surface area contributed by atoms with Crippen molar-refractivity contribution >= 4 is 23.3 Å². The first kappa shape index (κ1) is 15.8. The summed E-state index contributed by atoms with van der Waals surface area (Å²) in [7, 11) is 1.68. The van der Waals surface area contributed by atoms with Gasteiger partial charge in [-0.1, -0.05) is 6.07 Å². The summed E-state index contributed by atoms with van der Waals surface area (Å²) in [6.45, 7) is 1.98. The van der Waals surface area contributed by atoms with Crippen LogP contribution >= 0.6 is 11.3 Å². The first-order chi connectivity index (χ1) is 10.1. The molecule has 116 valence electrons. The first-order valence-electron chi connectivity index (χ1n) is 6.92. The largest absolute Gasteiger partial charge is 0.479 e. The van der Waals surface area contributed by atoms with Gasteiger partial charge in [0, 0.05) is 31.7 Å². The second-order valence-corrected chi connectivity index (χ2v) is 6.10. The molecule has 1 atom stereocenters. The molecule has 2 rings (SSSR count). The Morgan fingerprint density at radius 2 is 2.24 bits per heavy atom. The summed E-state index contributed by atoms with van der Waals surface area (Å²) in [5.41, 5.74) is 0. The van der Waals surface area contributed by atoms with Crippen LogP contribution in [0.3, 0.4) is 0 Å². The molecule has 0 radical (unpaired) electrons. The van der Waals surface area contributed by atoms with Gasteiger partial charge in [-0.3, -0.25) is 0 Å². The third-order valence-electron chi connectivity index (χ3n) is 3.65. The van der Waals surface area contributed by atoms with Gasteiger partial charge < -0.3 is 20.1 Å². The molecule has 1 aliphatic rings. The maximum Gasteiger partial charge on any atom is 0.331 e. The molecule has 2 heterocycles. The van der Waals surface area contributed by atoms with Crippen molar-refractivity contribution in [3.05, 3.63) is 22.4 Å². The number of urea groups is 1. The summed E-state index contributed by atoms with van der Waals surface area (Å²) in [4.78, 5) is 25.8. The lowest BCUT2D eigenvalue weighted by molar-refractivity contribution is -0.139. The maximum atomic E-state index is 12.2. The summed E-state index contributed by atoms with van der Waals surface area (Å²) in [5.74, 6) is -0.563. The van der Waals surface area contributed by atoms with Gasteiger partial charge in [0.25, 0.3) is 0 Å². The number of rotatable bonds is 5. The number of nitrogens with one attached hydrogen (secondary N) is 1. The smallest absolute Gasteiger partial charge is 0.331 e. The Labute approximate surface area is 127 Å². The number of carboxylic acids is 1. The fourth-order valence-corrected chi connectivity index (χ4v) is 3.23. The third-order valence-corrected chi connectivity index (χ3v) is 4.58. The van der Waals surface area contributed by atoms with Crippen LogP contribution in [0.4, 0.5) is 4.79 Å². The lowest BCUT2D eigenvalue weighted by Crippen LogP contribution is -2.47. The minimum absolute atomic E-state index is 0.313. The number of methoxy groups -OCH3 is 1. The van der Waals surface area contributed by atoms with Crippen LogP contribution in [0.15, 0.2) is 17.5 Å². The number of likely N-dealkylation sites (tertiary alicyclic amines) is 1. The SMILES string of the molecule is COCC1CCN(C(=O)NC(C(=O)O)c2cccs2)CC1. The fourth-order valence-electron chi connectivity index (χ4n) is 2.46. The highest BCUT2D eigenvalue weighted by atomic mass is 32.1. The standard InChI is InChI=1S/C14H20N2O4S/c1-20-9-10-4-6-16(7-5-10)14(19)15-12(13(17)18)11-3-2-8-21-11/h2-3,8,10,12H,4-7,9H2,1H3,(H,15,19)(H,17,18). The van der Waals surface area contributed by atoms with Crippen molar-refractivity contribution in [1.82, 2.24) is 10.2 Å². The van der Waals surface area contributed by atoms with Crippen LogP contribution in [0.5, 0.6) is 0 Å². The number of ether oxygens (including phenoxy) is 1. The van der Waals surface area contributed by atoms with E-state index >= 15 is 0 Å². The van der Waals surface area contributed by atoms with E-state index in [0.717, 1.165) is 12.8 Å². The van der Waals surface area contributed by atoms with Crippen LogP contribution in [0.1, 0.15) is 23.8 Å². The van der Waals surface area contributed by atoms with Gasteiger partial charge in [0.1, 0.15) is 0 Å². The molecule has 0 bridgehead atoms. The molecule has 0 saturated carbocycles. The number of hydrogen-bond donors (Lipinski definition) is 2. The van der Waals surface area contributed by atoms with E-state index in [2.05, 4.69) is 5.32 Å². The highest BCUT2D eigenvalue weighted by Crippen LogP contribution is 2.21. The van der Waals surface area contributed by atoms with E-state index in [4.69, 9.17) is 4.74 Å². The van der Waals surface area contributed by atoms with E-state index in [1.807, 2.05) is 0 Å². The van der Waals surface area contributed by atoms with Crippen LogP contribution in [0.25, 0.3) is 0 Å². The molecule has 0 spiro atoms. The third kappa shape index (κ3) is 4.18. The number of carbonyl (C=O) groups excluding carboxylic acids is 1. The molecule has 2 amide bonds. The van der Waals surface area contributed by atoms with E-state index in [-0.39, 0.29) is 6.03 Å². The van der Waals surface area contributed by atoms with Gasteiger partial charge in [-0.25, -0.2) is 9.59 Å². The second kappa shape index (κ2) is 7.42. The Bertz CT molecular complexity index is 469. The second-order valence-electron chi connectivity index (χ2n) is 5.12. The lowest BCUT2D eigenvalue weighted by atomic mass is 9.98. The van der Waals surface area contributed by atoms with Crippen molar-refractivity contribution in [2.45, 2.75) is 18.9 Å². The monoisotopic (exact) mass is 312 g/mol. The van der Waals surface area contributed by atoms with Crippen molar-refractivity contribution < 1.29 is 19.4 Å². The van der Waals surface area contributed by atoms with Gasteiger partial charge in [0.2, 0.25) is 0 Å². The van der Waals surface area contributed by atoms with Gasteiger partial charge in [0.15, 0.2) is 6.04 Å². The molecule has 6 nitrogen and oxygen atoms in total. The number of aliphatic carboxylic acids is 1. The molecule has 0 aliphatic carbocycles. The predicted molar refractivity (Wildman–Crippen MR) is 79.4 cm³/mol. The minimum Gasteiger partial charge on any atom is -0.479 e. The Hall–Kier alpha value is -1.60. The Kier molecular flexibility index (Phi) is 5.58. The molecule has 1 aromatic rings. The number of amides is 2. The molecule has 21 heavy (non-hydrogen) atoms. The normalized spacial score (nSPS) is 17.5. The topological polar surface area (TPSA) is 78.9 Å². The Morgan fingerprint density at radius 1 is 1.52 bits per heavy atom. The van der Waals surface area contributed by atoms with Crippen LogP contribution in [-0.4, -0.2) is 48.8 Å². The van der Waals surface area contributed by atoms with Gasteiger partial charge in [-0.15, -0.1) is 11.3 Å². The number of thiophene rings is 1.